The van der Waals surface area contributed by atoms with E-state index in [1.165, 1.54) is 5.56 Å². The Balaban J connectivity index is 1.43. The van der Waals surface area contributed by atoms with E-state index in [1.807, 2.05) is 42.3 Å². The van der Waals surface area contributed by atoms with Crippen molar-refractivity contribution in [1.29, 1.82) is 0 Å². The van der Waals surface area contributed by atoms with Crippen LogP contribution in [0.2, 0.25) is 5.02 Å². The fraction of sp³-hybridized carbons (Fsp3) is 0.429. The van der Waals surface area contributed by atoms with Gasteiger partial charge in [0.25, 0.3) is 11.5 Å². The minimum absolute atomic E-state index is 0.130. The summed E-state index contributed by atoms with van der Waals surface area (Å²) in [4.78, 5) is 29.9. The first-order chi connectivity index (χ1) is 13.0. The summed E-state index contributed by atoms with van der Waals surface area (Å²) in [6.07, 6.45) is 3.88. The topological polar surface area (TPSA) is 45.6 Å². The van der Waals surface area contributed by atoms with Gasteiger partial charge in [0.05, 0.1) is 0 Å². The van der Waals surface area contributed by atoms with E-state index in [-0.39, 0.29) is 17.5 Å². The molecule has 0 radical (unpaired) electrons. The van der Waals surface area contributed by atoms with Crippen LogP contribution in [0, 0.1) is 6.92 Å². The lowest BCUT2D eigenvalue weighted by Crippen LogP contribution is -2.49. The summed E-state index contributed by atoms with van der Waals surface area (Å²) < 4.78 is 1.73. The fourth-order valence-corrected chi connectivity index (χ4v) is 3.91. The highest BCUT2D eigenvalue weighted by atomic mass is 35.5. The van der Waals surface area contributed by atoms with Gasteiger partial charge in [0, 0.05) is 50.0 Å². The van der Waals surface area contributed by atoms with Gasteiger partial charge in [0.1, 0.15) is 5.56 Å². The van der Waals surface area contributed by atoms with Gasteiger partial charge in [-0.25, -0.2) is 0 Å². The molecule has 1 saturated heterocycles. The Morgan fingerprint density at radius 3 is 2.56 bits per heavy atom. The van der Waals surface area contributed by atoms with Gasteiger partial charge in [-0.05, 0) is 49.1 Å². The van der Waals surface area contributed by atoms with Crippen molar-refractivity contribution in [3.8, 4) is 0 Å². The van der Waals surface area contributed by atoms with Crippen LogP contribution in [0.4, 0.5) is 0 Å². The van der Waals surface area contributed by atoms with E-state index in [9.17, 15) is 9.59 Å². The Kier molecular flexibility index (Phi) is 5.06. The van der Waals surface area contributed by atoms with Gasteiger partial charge >= 0.3 is 0 Å². The lowest BCUT2D eigenvalue weighted by molar-refractivity contribution is 0.0625. The Morgan fingerprint density at radius 2 is 1.89 bits per heavy atom. The van der Waals surface area contributed by atoms with E-state index in [0.29, 0.717) is 18.7 Å². The molecule has 1 saturated carbocycles. The third kappa shape index (κ3) is 3.94. The first-order valence-electron chi connectivity index (χ1n) is 9.51. The molecule has 1 aliphatic heterocycles. The van der Waals surface area contributed by atoms with Gasteiger partial charge in [-0.15, -0.1) is 0 Å². The highest BCUT2D eigenvalue weighted by molar-refractivity contribution is 6.30. The second-order valence-corrected chi connectivity index (χ2v) is 7.95. The minimum Gasteiger partial charge on any atom is -0.336 e. The zero-order chi connectivity index (χ0) is 19.0. The maximum Gasteiger partial charge on any atom is 0.263 e. The molecule has 2 aliphatic rings. The first-order valence-corrected chi connectivity index (χ1v) is 9.88. The number of carbonyl (C=O) groups is 1. The number of hydrogen-bond acceptors (Lipinski definition) is 3. The molecule has 2 aromatic rings. The highest BCUT2D eigenvalue weighted by Gasteiger charge is 2.29. The molecule has 4 rings (SSSR count). The van der Waals surface area contributed by atoms with E-state index in [2.05, 4.69) is 11.0 Å². The molecule has 1 amide bonds. The predicted molar refractivity (Wildman–Crippen MR) is 106 cm³/mol. The number of carbonyl (C=O) groups excluding carboxylic acids is 1. The monoisotopic (exact) mass is 385 g/mol. The largest absolute Gasteiger partial charge is 0.336 e. The van der Waals surface area contributed by atoms with Crippen LogP contribution < -0.4 is 5.56 Å². The average molecular weight is 386 g/mol. The molecule has 6 heteroatoms. The third-order valence-corrected chi connectivity index (χ3v) is 5.67. The molecule has 0 atom stereocenters. The van der Waals surface area contributed by atoms with E-state index in [1.54, 1.807) is 4.57 Å². The average Bonchev–Trinajstić information content (AvgIpc) is 3.47. The standard InChI is InChI=1S/C21H24ClN3O2/c1-15-7-8-25(18-5-6-18)21(27)19(15)20(26)24-11-9-23(10-12-24)14-16-3-2-4-17(22)13-16/h2-4,7-8,13,18H,5-6,9-12,14H2,1H3. The van der Waals surface area contributed by atoms with Crippen molar-refractivity contribution in [3.63, 3.8) is 0 Å². The molecule has 1 aromatic carbocycles. The number of rotatable bonds is 4. The summed E-state index contributed by atoms with van der Waals surface area (Å²) in [5.41, 5.74) is 2.15. The Labute approximate surface area is 164 Å². The quantitative estimate of drug-likeness (QED) is 0.812. The summed E-state index contributed by atoms with van der Waals surface area (Å²) in [5, 5.41) is 0.743. The number of amides is 1. The number of benzene rings is 1. The smallest absolute Gasteiger partial charge is 0.263 e. The molecule has 2 fully saturated rings. The van der Waals surface area contributed by atoms with Crippen molar-refractivity contribution in [2.24, 2.45) is 0 Å². The molecule has 0 bridgehead atoms. The molecule has 0 N–H and O–H groups in total. The summed E-state index contributed by atoms with van der Waals surface area (Å²) >= 11 is 6.06. The van der Waals surface area contributed by atoms with Crippen molar-refractivity contribution >= 4 is 17.5 Å². The minimum atomic E-state index is -0.135. The van der Waals surface area contributed by atoms with Crippen LogP contribution >= 0.6 is 11.6 Å². The van der Waals surface area contributed by atoms with Crippen LogP contribution in [0.25, 0.3) is 0 Å². The molecule has 1 aromatic heterocycles. The van der Waals surface area contributed by atoms with Gasteiger partial charge in [0.2, 0.25) is 0 Å². The van der Waals surface area contributed by atoms with Crippen LogP contribution in [0.5, 0.6) is 0 Å². The number of pyridine rings is 1. The van der Waals surface area contributed by atoms with Gasteiger partial charge in [-0.1, -0.05) is 23.7 Å². The maximum atomic E-state index is 13.0. The van der Waals surface area contributed by atoms with Gasteiger partial charge in [-0.2, -0.15) is 0 Å². The Morgan fingerprint density at radius 1 is 1.15 bits per heavy atom. The van der Waals surface area contributed by atoms with Gasteiger partial charge in [-0.3, -0.25) is 14.5 Å². The van der Waals surface area contributed by atoms with Gasteiger partial charge < -0.3 is 9.47 Å². The lowest BCUT2D eigenvalue weighted by atomic mass is 10.1. The zero-order valence-corrected chi connectivity index (χ0v) is 16.3. The third-order valence-electron chi connectivity index (χ3n) is 5.44. The highest BCUT2D eigenvalue weighted by Crippen LogP contribution is 2.33. The summed E-state index contributed by atoms with van der Waals surface area (Å²) in [6, 6.07) is 10.0. The van der Waals surface area contributed by atoms with E-state index < -0.39 is 0 Å². The van der Waals surface area contributed by atoms with E-state index in [0.717, 1.165) is 43.1 Å². The molecule has 27 heavy (non-hydrogen) atoms. The fourth-order valence-electron chi connectivity index (χ4n) is 3.70. The van der Waals surface area contributed by atoms with Crippen molar-refractivity contribution < 1.29 is 4.79 Å². The van der Waals surface area contributed by atoms with Crippen LogP contribution in [0.1, 0.15) is 40.4 Å². The molecule has 0 spiro atoms. The second-order valence-electron chi connectivity index (χ2n) is 7.52. The molecular weight excluding hydrogens is 362 g/mol. The lowest BCUT2D eigenvalue weighted by Gasteiger charge is -2.35. The number of hydrogen-bond donors (Lipinski definition) is 0. The Hall–Kier alpha value is -2.11. The van der Waals surface area contributed by atoms with Crippen molar-refractivity contribution in [2.45, 2.75) is 32.4 Å². The number of aromatic nitrogens is 1. The van der Waals surface area contributed by atoms with Crippen molar-refractivity contribution in [1.82, 2.24) is 14.4 Å². The van der Waals surface area contributed by atoms with Crippen LogP contribution in [-0.4, -0.2) is 46.5 Å². The first kappa shape index (κ1) is 18.3. The molecule has 142 valence electrons. The van der Waals surface area contributed by atoms with E-state index >= 15 is 0 Å². The Bertz CT molecular complexity index is 912. The second kappa shape index (κ2) is 7.49. The van der Waals surface area contributed by atoms with Crippen LogP contribution in [-0.2, 0) is 6.54 Å². The number of halogens is 1. The molecule has 5 nitrogen and oxygen atoms in total. The summed E-state index contributed by atoms with van der Waals surface area (Å²) in [5.74, 6) is -0.130. The number of piperazine rings is 1. The maximum absolute atomic E-state index is 13.0. The molecule has 0 unspecified atom stereocenters. The summed E-state index contributed by atoms with van der Waals surface area (Å²) in [7, 11) is 0. The van der Waals surface area contributed by atoms with Crippen molar-refractivity contribution in [3.05, 3.63) is 68.6 Å². The molecule has 1 aliphatic carbocycles. The summed E-state index contributed by atoms with van der Waals surface area (Å²) in [6.45, 7) is 5.53. The number of nitrogens with zero attached hydrogens (tertiary/aromatic N) is 3. The van der Waals surface area contributed by atoms with Gasteiger partial charge in [0.15, 0.2) is 0 Å². The van der Waals surface area contributed by atoms with Crippen molar-refractivity contribution in [2.75, 3.05) is 26.2 Å². The van der Waals surface area contributed by atoms with Crippen LogP contribution in [0.15, 0.2) is 41.3 Å². The van der Waals surface area contributed by atoms with Crippen LogP contribution in [0.3, 0.4) is 0 Å². The predicted octanol–water partition coefficient (Wildman–Crippen LogP) is 3.10. The zero-order valence-electron chi connectivity index (χ0n) is 15.5. The SMILES string of the molecule is Cc1ccn(C2CC2)c(=O)c1C(=O)N1CCN(Cc2cccc(Cl)c2)CC1. The normalized spacial score (nSPS) is 17.9. The molecule has 2 heterocycles. The number of aryl methyl sites for hydroxylation is 1. The molecular formula is C21H24ClN3O2. The van der Waals surface area contributed by atoms with E-state index in [4.69, 9.17) is 11.6 Å².